The number of rotatable bonds is 7. The Hall–Kier alpha value is -3.02. The van der Waals surface area contributed by atoms with Gasteiger partial charge < -0.3 is 19.5 Å². The molecule has 24 heavy (non-hydrogen) atoms. The first-order valence-corrected chi connectivity index (χ1v) is 7.34. The molecule has 0 aliphatic carbocycles. The lowest BCUT2D eigenvalue weighted by Crippen LogP contribution is -2.28. The van der Waals surface area contributed by atoms with Crippen molar-refractivity contribution in [3.63, 3.8) is 0 Å². The molecule has 126 valence electrons. The van der Waals surface area contributed by atoms with Gasteiger partial charge in [-0.25, -0.2) is 4.79 Å². The summed E-state index contributed by atoms with van der Waals surface area (Å²) in [5.41, 5.74) is 1.07. The maximum Gasteiger partial charge on any atom is 0.341 e. The first-order valence-electron chi connectivity index (χ1n) is 7.34. The Morgan fingerprint density at radius 1 is 1.04 bits per heavy atom. The third-order valence-corrected chi connectivity index (χ3v) is 3.27. The van der Waals surface area contributed by atoms with Crippen LogP contribution in [0.3, 0.4) is 0 Å². The highest BCUT2D eigenvalue weighted by Gasteiger charge is 2.13. The van der Waals surface area contributed by atoms with E-state index in [1.54, 1.807) is 30.3 Å². The number of ether oxygens (including phenoxy) is 3. The Balaban J connectivity index is 1.91. The van der Waals surface area contributed by atoms with Crippen LogP contribution in [0.1, 0.15) is 15.9 Å². The van der Waals surface area contributed by atoms with E-state index >= 15 is 0 Å². The van der Waals surface area contributed by atoms with Gasteiger partial charge in [-0.1, -0.05) is 24.3 Å². The van der Waals surface area contributed by atoms with Crippen molar-refractivity contribution < 1.29 is 23.8 Å². The molecule has 6 nitrogen and oxygen atoms in total. The smallest absolute Gasteiger partial charge is 0.341 e. The van der Waals surface area contributed by atoms with Crippen LogP contribution in [0.4, 0.5) is 0 Å². The van der Waals surface area contributed by atoms with Crippen molar-refractivity contribution in [3.8, 4) is 11.5 Å². The minimum atomic E-state index is -0.493. The Bertz CT molecular complexity index is 700. The zero-order chi connectivity index (χ0) is 17.4. The van der Waals surface area contributed by atoms with Gasteiger partial charge in [-0.15, -0.1) is 0 Å². The number of methoxy groups -OCH3 is 2. The van der Waals surface area contributed by atoms with Gasteiger partial charge in [0.1, 0.15) is 17.1 Å². The van der Waals surface area contributed by atoms with E-state index in [0.717, 1.165) is 5.56 Å². The van der Waals surface area contributed by atoms with Gasteiger partial charge in [-0.05, 0) is 29.8 Å². The number of hydrogen-bond donors (Lipinski definition) is 1. The maximum atomic E-state index is 11.8. The number of hydrogen-bond acceptors (Lipinski definition) is 5. The van der Waals surface area contributed by atoms with Gasteiger partial charge in [0, 0.05) is 6.54 Å². The highest BCUT2D eigenvalue weighted by Crippen LogP contribution is 2.20. The quantitative estimate of drug-likeness (QED) is 0.788. The van der Waals surface area contributed by atoms with E-state index in [-0.39, 0.29) is 19.1 Å². The molecule has 0 saturated heterocycles. The molecule has 1 N–H and O–H groups in total. The molecule has 2 rings (SSSR count). The van der Waals surface area contributed by atoms with E-state index in [4.69, 9.17) is 14.2 Å². The molecule has 2 aromatic carbocycles. The summed E-state index contributed by atoms with van der Waals surface area (Å²) in [6, 6.07) is 14.1. The molecular formula is C18H19NO5. The second-order valence-corrected chi connectivity index (χ2v) is 4.90. The molecule has 0 saturated carbocycles. The summed E-state index contributed by atoms with van der Waals surface area (Å²) < 4.78 is 15.2. The van der Waals surface area contributed by atoms with Gasteiger partial charge in [0.15, 0.2) is 6.61 Å². The standard InChI is InChI=1S/C18H19NO5/c1-22-16-9-8-13(10-15(16)18(21)23-2)11-19-17(20)12-24-14-6-4-3-5-7-14/h3-10H,11-12H2,1-2H3,(H,19,20). The third kappa shape index (κ3) is 4.74. The van der Waals surface area contributed by atoms with Crippen molar-refractivity contribution >= 4 is 11.9 Å². The van der Waals surface area contributed by atoms with Gasteiger partial charge >= 0.3 is 5.97 Å². The van der Waals surface area contributed by atoms with Gasteiger partial charge in [-0.3, -0.25) is 4.79 Å². The Kier molecular flexibility index (Phi) is 6.19. The van der Waals surface area contributed by atoms with E-state index in [1.165, 1.54) is 14.2 Å². The highest BCUT2D eigenvalue weighted by molar-refractivity contribution is 5.92. The molecule has 0 aromatic heterocycles. The van der Waals surface area contributed by atoms with Crippen LogP contribution in [0.25, 0.3) is 0 Å². The number of esters is 1. The van der Waals surface area contributed by atoms with Crippen LogP contribution in [-0.4, -0.2) is 32.7 Å². The highest BCUT2D eigenvalue weighted by atomic mass is 16.5. The summed E-state index contributed by atoms with van der Waals surface area (Å²) in [7, 11) is 2.78. The van der Waals surface area contributed by atoms with Crippen LogP contribution in [-0.2, 0) is 16.1 Å². The van der Waals surface area contributed by atoms with Crippen molar-refractivity contribution in [3.05, 3.63) is 59.7 Å². The monoisotopic (exact) mass is 329 g/mol. The molecule has 6 heteroatoms. The molecule has 0 fully saturated rings. The molecule has 1 amide bonds. The van der Waals surface area contributed by atoms with Crippen molar-refractivity contribution in [1.29, 1.82) is 0 Å². The van der Waals surface area contributed by atoms with Crippen LogP contribution in [0, 0.1) is 0 Å². The fourth-order valence-electron chi connectivity index (χ4n) is 2.05. The van der Waals surface area contributed by atoms with E-state index in [9.17, 15) is 9.59 Å². The molecule has 0 spiro atoms. The van der Waals surface area contributed by atoms with Crippen LogP contribution in [0.2, 0.25) is 0 Å². The largest absolute Gasteiger partial charge is 0.496 e. The lowest BCUT2D eigenvalue weighted by atomic mass is 10.1. The van der Waals surface area contributed by atoms with E-state index in [2.05, 4.69) is 5.32 Å². The second-order valence-electron chi connectivity index (χ2n) is 4.90. The molecule has 0 heterocycles. The zero-order valence-electron chi connectivity index (χ0n) is 13.6. The van der Waals surface area contributed by atoms with E-state index < -0.39 is 5.97 Å². The fraction of sp³-hybridized carbons (Fsp3) is 0.222. The Labute approximate surface area is 140 Å². The molecule has 0 bridgehead atoms. The molecule has 0 radical (unpaired) electrons. The predicted molar refractivity (Wildman–Crippen MR) is 88.1 cm³/mol. The summed E-state index contributed by atoms with van der Waals surface area (Å²) >= 11 is 0. The molecular weight excluding hydrogens is 310 g/mol. The fourth-order valence-corrected chi connectivity index (χ4v) is 2.05. The van der Waals surface area contributed by atoms with Gasteiger partial charge in [0.2, 0.25) is 0 Å². The van der Waals surface area contributed by atoms with Gasteiger partial charge in [0.25, 0.3) is 5.91 Å². The lowest BCUT2D eigenvalue weighted by molar-refractivity contribution is -0.123. The average molecular weight is 329 g/mol. The van der Waals surface area contributed by atoms with E-state index in [1.807, 2.05) is 18.2 Å². The van der Waals surface area contributed by atoms with Crippen molar-refractivity contribution in [1.82, 2.24) is 5.32 Å². The average Bonchev–Trinajstić information content (AvgIpc) is 2.64. The zero-order valence-corrected chi connectivity index (χ0v) is 13.6. The summed E-state index contributed by atoms with van der Waals surface area (Å²) in [5.74, 6) is 0.302. The first kappa shape index (κ1) is 17.3. The number of nitrogens with one attached hydrogen (secondary N) is 1. The van der Waals surface area contributed by atoms with Crippen molar-refractivity contribution in [2.75, 3.05) is 20.8 Å². The first-order chi connectivity index (χ1) is 11.6. The van der Waals surface area contributed by atoms with Crippen molar-refractivity contribution in [2.24, 2.45) is 0 Å². The predicted octanol–water partition coefficient (Wildman–Crippen LogP) is 2.18. The molecule has 0 unspecified atom stereocenters. The van der Waals surface area contributed by atoms with E-state index in [0.29, 0.717) is 17.1 Å². The topological polar surface area (TPSA) is 73.9 Å². The van der Waals surface area contributed by atoms with Gasteiger partial charge in [-0.2, -0.15) is 0 Å². The number of carbonyl (C=O) groups is 2. The summed E-state index contributed by atoms with van der Waals surface area (Å²) in [5, 5.41) is 2.73. The normalized spacial score (nSPS) is 9.92. The Morgan fingerprint density at radius 2 is 1.79 bits per heavy atom. The second kappa shape index (κ2) is 8.57. The van der Waals surface area contributed by atoms with Gasteiger partial charge in [0.05, 0.1) is 14.2 Å². The lowest BCUT2D eigenvalue weighted by Gasteiger charge is -2.10. The molecule has 2 aromatic rings. The van der Waals surface area contributed by atoms with Crippen LogP contribution >= 0.6 is 0 Å². The van der Waals surface area contributed by atoms with Crippen LogP contribution in [0.5, 0.6) is 11.5 Å². The molecule has 0 atom stereocenters. The molecule has 0 aliphatic heterocycles. The van der Waals surface area contributed by atoms with Crippen LogP contribution < -0.4 is 14.8 Å². The van der Waals surface area contributed by atoms with Crippen LogP contribution in [0.15, 0.2) is 48.5 Å². The minimum Gasteiger partial charge on any atom is -0.496 e. The maximum absolute atomic E-state index is 11.8. The minimum absolute atomic E-state index is 0.0793. The third-order valence-electron chi connectivity index (χ3n) is 3.27. The number of amides is 1. The summed E-state index contributed by atoms with van der Waals surface area (Å²) in [6.45, 7) is 0.189. The Morgan fingerprint density at radius 3 is 2.46 bits per heavy atom. The number of para-hydroxylation sites is 1. The summed E-state index contributed by atoms with van der Waals surface area (Å²) in [4.78, 5) is 23.6. The number of carbonyl (C=O) groups excluding carboxylic acids is 2. The molecule has 0 aliphatic rings. The SMILES string of the molecule is COC(=O)c1cc(CNC(=O)COc2ccccc2)ccc1OC. The number of benzene rings is 2. The van der Waals surface area contributed by atoms with Crippen molar-refractivity contribution in [2.45, 2.75) is 6.54 Å². The summed E-state index contributed by atoms with van der Waals surface area (Å²) in [6.07, 6.45) is 0.